The molecule has 0 aliphatic carbocycles. The molecule has 1 amide bonds. The highest BCUT2D eigenvalue weighted by molar-refractivity contribution is 7.10. The molecule has 0 spiro atoms. The number of rotatable bonds is 5. The molecule has 7 heteroatoms. The summed E-state index contributed by atoms with van der Waals surface area (Å²) in [6.45, 7) is 0.603. The second-order valence-corrected chi connectivity index (χ2v) is 6.05. The lowest BCUT2D eigenvalue weighted by molar-refractivity contribution is 0.100. The Hall–Kier alpha value is -2.31. The van der Waals surface area contributed by atoms with Crippen LogP contribution in [0.2, 0.25) is 5.02 Å². The van der Waals surface area contributed by atoms with Crippen LogP contribution < -0.4 is 11.1 Å². The normalized spacial score (nSPS) is 10.6. The minimum absolute atomic E-state index is 0.408. The molecule has 0 bridgehead atoms. The molecule has 2 heterocycles. The van der Waals surface area contributed by atoms with E-state index >= 15 is 0 Å². The molecule has 0 radical (unpaired) electrons. The fraction of sp³-hybridized carbons (Fsp3) is 0.0667. The summed E-state index contributed by atoms with van der Waals surface area (Å²) in [7, 11) is 0. The number of anilines is 1. The number of carbonyl (C=O) groups is 1. The van der Waals surface area contributed by atoms with Crippen LogP contribution in [0.3, 0.4) is 0 Å². The van der Waals surface area contributed by atoms with Gasteiger partial charge in [-0.05, 0) is 18.2 Å². The van der Waals surface area contributed by atoms with E-state index in [1.807, 2.05) is 30.5 Å². The molecule has 0 unspecified atom stereocenters. The van der Waals surface area contributed by atoms with Crippen molar-refractivity contribution in [2.24, 2.45) is 5.73 Å². The summed E-state index contributed by atoms with van der Waals surface area (Å²) in [5.41, 5.74) is 7.47. The molecule has 0 atom stereocenters. The van der Waals surface area contributed by atoms with Crippen LogP contribution in [0.5, 0.6) is 0 Å². The number of carbonyl (C=O) groups excluding carboxylic acids is 1. The van der Waals surface area contributed by atoms with E-state index in [0.29, 0.717) is 17.1 Å². The zero-order valence-corrected chi connectivity index (χ0v) is 13.1. The SMILES string of the molecule is NC(=O)c1csc(CNc2cnn(-c3ccccc3Cl)c2)c1. The van der Waals surface area contributed by atoms with Crippen LogP contribution in [0, 0.1) is 0 Å². The van der Waals surface area contributed by atoms with E-state index in [4.69, 9.17) is 17.3 Å². The number of thiophene rings is 1. The summed E-state index contributed by atoms with van der Waals surface area (Å²) in [5, 5.41) is 9.94. The van der Waals surface area contributed by atoms with Crippen molar-refractivity contribution in [3.63, 3.8) is 0 Å². The van der Waals surface area contributed by atoms with Gasteiger partial charge in [0.2, 0.25) is 5.91 Å². The maximum Gasteiger partial charge on any atom is 0.249 e. The van der Waals surface area contributed by atoms with Gasteiger partial charge in [0.25, 0.3) is 0 Å². The second-order valence-electron chi connectivity index (χ2n) is 4.64. The molecule has 0 saturated heterocycles. The van der Waals surface area contributed by atoms with E-state index in [9.17, 15) is 4.79 Å². The predicted molar refractivity (Wildman–Crippen MR) is 88.7 cm³/mol. The largest absolute Gasteiger partial charge is 0.378 e. The quantitative estimate of drug-likeness (QED) is 0.753. The van der Waals surface area contributed by atoms with Crippen molar-refractivity contribution in [1.29, 1.82) is 0 Å². The average Bonchev–Trinajstić information content (AvgIpc) is 3.15. The smallest absolute Gasteiger partial charge is 0.249 e. The van der Waals surface area contributed by atoms with Crippen LogP contribution in [0.25, 0.3) is 5.69 Å². The summed E-state index contributed by atoms with van der Waals surface area (Å²) in [4.78, 5) is 12.1. The van der Waals surface area contributed by atoms with E-state index in [2.05, 4.69) is 10.4 Å². The van der Waals surface area contributed by atoms with Gasteiger partial charge in [-0.3, -0.25) is 4.79 Å². The van der Waals surface area contributed by atoms with Gasteiger partial charge in [-0.15, -0.1) is 11.3 Å². The summed E-state index contributed by atoms with van der Waals surface area (Å²) in [6.07, 6.45) is 3.59. The van der Waals surface area contributed by atoms with Crippen LogP contribution in [0.4, 0.5) is 5.69 Å². The number of para-hydroxylation sites is 1. The van der Waals surface area contributed by atoms with Gasteiger partial charge >= 0.3 is 0 Å². The van der Waals surface area contributed by atoms with Crippen LogP contribution in [-0.4, -0.2) is 15.7 Å². The Balaban J connectivity index is 1.69. The van der Waals surface area contributed by atoms with Crippen molar-refractivity contribution in [2.45, 2.75) is 6.54 Å². The summed E-state index contributed by atoms with van der Waals surface area (Å²) >= 11 is 7.64. The minimum Gasteiger partial charge on any atom is -0.378 e. The van der Waals surface area contributed by atoms with Crippen molar-refractivity contribution in [1.82, 2.24) is 9.78 Å². The standard InChI is InChI=1S/C15H13ClN4OS/c16-13-3-1-2-4-14(13)20-8-11(6-19-20)18-7-12-5-10(9-22-12)15(17)21/h1-6,8-9,18H,7H2,(H2,17,21). The Labute approximate surface area is 136 Å². The highest BCUT2D eigenvalue weighted by atomic mass is 35.5. The highest BCUT2D eigenvalue weighted by Crippen LogP contribution is 2.21. The Morgan fingerprint density at radius 1 is 1.41 bits per heavy atom. The van der Waals surface area contributed by atoms with Gasteiger partial charge < -0.3 is 11.1 Å². The number of nitrogens with two attached hydrogens (primary N) is 1. The summed E-state index contributed by atoms with van der Waals surface area (Å²) in [6, 6.07) is 9.30. The molecule has 0 fully saturated rings. The number of halogens is 1. The van der Waals surface area contributed by atoms with E-state index in [-0.39, 0.29) is 0 Å². The first-order chi connectivity index (χ1) is 10.6. The molecule has 1 aromatic carbocycles. The highest BCUT2D eigenvalue weighted by Gasteiger charge is 2.07. The van der Waals surface area contributed by atoms with Crippen LogP contribution in [0.1, 0.15) is 15.2 Å². The third-order valence-corrected chi connectivity index (χ3v) is 4.34. The maximum atomic E-state index is 11.1. The number of benzene rings is 1. The first kappa shape index (κ1) is 14.6. The third kappa shape index (κ3) is 3.13. The molecule has 2 aromatic heterocycles. The number of hydrogen-bond donors (Lipinski definition) is 2. The van der Waals surface area contributed by atoms with Gasteiger partial charge in [0, 0.05) is 16.8 Å². The van der Waals surface area contributed by atoms with Gasteiger partial charge in [0.05, 0.1) is 34.4 Å². The molecule has 3 aromatic rings. The molecule has 0 saturated carbocycles. The molecular weight excluding hydrogens is 320 g/mol. The Bertz CT molecular complexity index is 811. The fourth-order valence-electron chi connectivity index (χ4n) is 1.98. The zero-order valence-electron chi connectivity index (χ0n) is 11.5. The number of hydrogen-bond acceptors (Lipinski definition) is 4. The second kappa shape index (κ2) is 6.21. The van der Waals surface area contributed by atoms with Crippen molar-refractivity contribution >= 4 is 34.5 Å². The Kier molecular flexibility index (Phi) is 4.13. The van der Waals surface area contributed by atoms with E-state index in [1.165, 1.54) is 11.3 Å². The predicted octanol–water partition coefficient (Wildman–Crippen LogP) is 3.30. The Morgan fingerprint density at radius 2 is 2.23 bits per heavy atom. The lowest BCUT2D eigenvalue weighted by Gasteiger charge is -2.03. The first-order valence-corrected chi connectivity index (χ1v) is 7.80. The number of nitrogens with zero attached hydrogens (tertiary/aromatic N) is 2. The van der Waals surface area contributed by atoms with Crippen molar-refractivity contribution in [2.75, 3.05) is 5.32 Å². The third-order valence-electron chi connectivity index (χ3n) is 3.09. The van der Waals surface area contributed by atoms with Gasteiger partial charge in [0.15, 0.2) is 0 Å². The molecule has 112 valence electrons. The molecule has 0 aliphatic rings. The monoisotopic (exact) mass is 332 g/mol. The maximum absolute atomic E-state index is 11.1. The number of aromatic nitrogens is 2. The van der Waals surface area contributed by atoms with Crippen molar-refractivity contribution < 1.29 is 4.79 Å². The molecule has 3 rings (SSSR count). The molecular formula is C15H13ClN4OS. The van der Waals surface area contributed by atoms with E-state index < -0.39 is 5.91 Å². The minimum atomic E-state index is -0.408. The summed E-state index contributed by atoms with van der Waals surface area (Å²) < 4.78 is 1.72. The molecule has 3 N–H and O–H groups in total. The molecule has 5 nitrogen and oxygen atoms in total. The molecule has 0 aliphatic heterocycles. The Morgan fingerprint density at radius 3 is 2.95 bits per heavy atom. The van der Waals surface area contributed by atoms with Gasteiger partial charge in [0.1, 0.15) is 0 Å². The average molecular weight is 333 g/mol. The molecule has 22 heavy (non-hydrogen) atoms. The van der Waals surface area contributed by atoms with E-state index in [0.717, 1.165) is 16.3 Å². The van der Waals surface area contributed by atoms with Gasteiger partial charge in [-0.1, -0.05) is 23.7 Å². The number of nitrogens with one attached hydrogen (secondary N) is 1. The number of primary amides is 1. The van der Waals surface area contributed by atoms with Crippen LogP contribution >= 0.6 is 22.9 Å². The summed E-state index contributed by atoms with van der Waals surface area (Å²) in [5.74, 6) is -0.408. The van der Waals surface area contributed by atoms with E-state index in [1.54, 1.807) is 22.3 Å². The van der Waals surface area contributed by atoms with Gasteiger partial charge in [-0.2, -0.15) is 5.10 Å². The lowest BCUT2D eigenvalue weighted by atomic mass is 10.3. The van der Waals surface area contributed by atoms with Crippen LogP contribution in [0.15, 0.2) is 48.1 Å². The number of amides is 1. The van der Waals surface area contributed by atoms with Gasteiger partial charge in [-0.25, -0.2) is 4.68 Å². The van der Waals surface area contributed by atoms with Crippen LogP contribution in [-0.2, 0) is 6.54 Å². The van der Waals surface area contributed by atoms with Crippen molar-refractivity contribution in [3.8, 4) is 5.69 Å². The lowest BCUT2D eigenvalue weighted by Crippen LogP contribution is -2.09. The first-order valence-electron chi connectivity index (χ1n) is 6.54. The van der Waals surface area contributed by atoms with Crippen molar-refractivity contribution in [3.05, 3.63) is 63.6 Å². The zero-order chi connectivity index (χ0) is 15.5. The topological polar surface area (TPSA) is 72.9 Å². The fourth-order valence-corrected chi connectivity index (χ4v) is 3.01.